The number of ether oxygens (including phenoxy) is 1. The minimum Gasteiger partial charge on any atom is -0.494 e. The molecule has 3 N–H and O–H groups in total. The topological polar surface area (TPSA) is 70.6 Å². The summed E-state index contributed by atoms with van der Waals surface area (Å²) in [6, 6.07) is 5.51. The van der Waals surface area contributed by atoms with Crippen LogP contribution in [-0.2, 0) is 0 Å². The molecule has 0 heterocycles. The molecule has 2 atom stereocenters. The smallest absolute Gasteiger partial charge is 0.319 e. The van der Waals surface area contributed by atoms with Gasteiger partial charge in [0.2, 0.25) is 0 Å². The molecule has 22 heavy (non-hydrogen) atoms. The lowest BCUT2D eigenvalue weighted by Gasteiger charge is -2.20. The standard InChI is InChI=1S/C17H26N2O3/c1-3-9-22-14-7-8-15(12(2)10-14)18-17(21)19-16-6-4-5-13(16)11-20/h7-8,10,13,16,20H,3-6,9,11H2,1-2H3,(H2,18,19,21)/t13-,16+/m1/s1. The lowest BCUT2D eigenvalue weighted by Crippen LogP contribution is -2.41. The zero-order valence-electron chi connectivity index (χ0n) is 13.4. The first-order valence-corrected chi connectivity index (χ1v) is 8.06. The molecule has 0 aliphatic heterocycles. The Balaban J connectivity index is 1.91. The van der Waals surface area contributed by atoms with Gasteiger partial charge in [0.15, 0.2) is 0 Å². The average molecular weight is 306 g/mol. The summed E-state index contributed by atoms with van der Waals surface area (Å²) in [5.74, 6) is 0.998. The molecular formula is C17H26N2O3. The Morgan fingerprint density at radius 1 is 1.41 bits per heavy atom. The second-order valence-electron chi connectivity index (χ2n) is 5.90. The highest BCUT2D eigenvalue weighted by molar-refractivity contribution is 5.90. The van der Waals surface area contributed by atoms with E-state index in [1.54, 1.807) is 0 Å². The molecule has 1 aliphatic carbocycles. The Morgan fingerprint density at radius 2 is 2.23 bits per heavy atom. The van der Waals surface area contributed by atoms with Gasteiger partial charge >= 0.3 is 6.03 Å². The molecule has 1 saturated carbocycles. The largest absolute Gasteiger partial charge is 0.494 e. The number of aliphatic hydroxyl groups excluding tert-OH is 1. The maximum absolute atomic E-state index is 12.1. The van der Waals surface area contributed by atoms with Crippen molar-refractivity contribution in [2.75, 3.05) is 18.5 Å². The highest BCUT2D eigenvalue weighted by Gasteiger charge is 2.27. The van der Waals surface area contributed by atoms with Gasteiger partial charge in [-0.25, -0.2) is 4.79 Å². The van der Waals surface area contributed by atoms with Crippen LogP contribution in [0.4, 0.5) is 10.5 Å². The van der Waals surface area contributed by atoms with E-state index in [4.69, 9.17) is 4.74 Å². The van der Waals surface area contributed by atoms with Crippen LogP contribution < -0.4 is 15.4 Å². The number of nitrogens with one attached hydrogen (secondary N) is 2. The zero-order chi connectivity index (χ0) is 15.9. The van der Waals surface area contributed by atoms with E-state index in [0.29, 0.717) is 6.61 Å². The predicted octanol–water partition coefficient (Wildman–Crippen LogP) is 3.07. The number of urea groups is 1. The molecule has 1 fully saturated rings. The van der Waals surface area contributed by atoms with Crippen LogP contribution >= 0.6 is 0 Å². The molecule has 2 amide bonds. The molecule has 5 heteroatoms. The summed E-state index contributed by atoms with van der Waals surface area (Å²) in [4.78, 5) is 12.1. The number of aryl methyl sites for hydroxylation is 1. The number of anilines is 1. The van der Waals surface area contributed by atoms with Gasteiger partial charge in [-0.1, -0.05) is 13.3 Å². The predicted molar refractivity (Wildman–Crippen MR) is 87.3 cm³/mol. The summed E-state index contributed by atoms with van der Waals surface area (Å²) in [7, 11) is 0. The van der Waals surface area contributed by atoms with Gasteiger partial charge in [-0.3, -0.25) is 0 Å². The number of carbonyl (C=O) groups excluding carboxylic acids is 1. The molecule has 0 unspecified atom stereocenters. The van der Waals surface area contributed by atoms with Crippen molar-refractivity contribution in [2.45, 2.75) is 45.6 Å². The van der Waals surface area contributed by atoms with E-state index in [1.165, 1.54) is 0 Å². The fraction of sp³-hybridized carbons (Fsp3) is 0.588. The third kappa shape index (κ3) is 4.37. The molecule has 1 aromatic rings. The number of hydrogen-bond acceptors (Lipinski definition) is 3. The third-order valence-electron chi connectivity index (χ3n) is 4.13. The molecule has 122 valence electrons. The molecule has 0 bridgehead atoms. The molecule has 0 aromatic heterocycles. The Bertz CT molecular complexity index is 505. The van der Waals surface area contributed by atoms with Crippen LogP contribution in [0.1, 0.15) is 38.2 Å². The normalized spacial score (nSPS) is 20.7. The van der Waals surface area contributed by atoms with Crippen LogP contribution in [0.5, 0.6) is 5.75 Å². The maximum Gasteiger partial charge on any atom is 0.319 e. The van der Waals surface area contributed by atoms with Crippen LogP contribution in [0, 0.1) is 12.8 Å². The van der Waals surface area contributed by atoms with Gasteiger partial charge in [0.1, 0.15) is 5.75 Å². The lowest BCUT2D eigenvalue weighted by atomic mass is 10.1. The van der Waals surface area contributed by atoms with E-state index < -0.39 is 0 Å². The van der Waals surface area contributed by atoms with Crippen LogP contribution in [0.15, 0.2) is 18.2 Å². The van der Waals surface area contributed by atoms with Crippen molar-refractivity contribution in [3.05, 3.63) is 23.8 Å². The number of carbonyl (C=O) groups is 1. The highest BCUT2D eigenvalue weighted by Crippen LogP contribution is 2.25. The summed E-state index contributed by atoms with van der Waals surface area (Å²) in [6.07, 6.45) is 3.93. The van der Waals surface area contributed by atoms with E-state index in [2.05, 4.69) is 17.6 Å². The number of hydrogen-bond donors (Lipinski definition) is 3. The number of rotatable bonds is 6. The quantitative estimate of drug-likeness (QED) is 0.756. The highest BCUT2D eigenvalue weighted by atomic mass is 16.5. The second kappa shape index (κ2) is 8.03. The van der Waals surface area contributed by atoms with E-state index in [1.807, 2.05) is 25.1 Å². The number of amides is 2. The van der Waals surface area contributed by atoms with Gasteiger partial charge in [0.05, 0.1) is 6.61 Å². The van der Waals surface area contributed by atoms with Crippen LogP contribution in [0.25, 0.3) is 0 Å². The number of benzene rings is 1. The average Bonchev–Trinajstić information content (AvgIpc) is 2.94. The Kier molecular flexibility index (Phi) is 6.07. The molecule has 1 aliphatic rings. The van der Waals surface area contributed by atoms with Gasteiger partial charge in [-0.2, -0.15) is 0 Å². The first kappa shape index (κ1) is 16.6. The molecule has 2 rings (SSSR count). The summed E-state index contributed by atoms with van der Waals surface area (Å²) in [5, 5.41) is 15.1. The minimum absolute atomic E-state index is 0.0671. The SMILES string of the molecule is CCCOc1ccc(NC(=O)N[C@H]2CCC[C@@H]2CO)c(C)c1. The monoisotopic (exact) mass is 306 g/mol. The summed E-state index contributed by atoms with van der Waals surface area (Å²) in [6.45, 7) is 4.83. The molecule has 0 spiro atoms. The first-order valence-electron chi connectivity index (χ1n) is 8.06. The van der Waals surface area contributed by atoms with Crippen molar-refractivity contribution in [1.29, 1.82) is 0 Å². The van der Waals surface area contributed by atoms with Crippen molar-refractivity contribution in [2.24, 2.45) is 5.92 Å². The third-order valence-corrected chi connectivity index (χ3v) is 4.13. The van der Waals surface area contributed by atoms with Crippen molar-refractivity contribution >= 4 is 11.7 Å². The molecule has 1 aromatic carbocycles. The van der Waals surface area contributed by atoms with E-state index in [-0.39, 0.29) is 24.6 Å². The van der Waals surface area contributed by atoms with Crippen LogP contribution in [-0.4, -0.2) is 30.4 Å². The van der Waals surface area contributed by atoms with Crippen molar-refractivity contribution in [3.63, 3.8) is 0 Å². The van der Waals surface area contributed by atoms with E-state index >= 15 is 0 Å². The van der Waals surface area contributed by atoms with Gasteiger partial charge in [0.25, 0.3) is 0 Å². The Labute approximate surface area is 132 Å². The fourth-order valence-corrected chi connectivity index (χ4v) is 2.86. The summed E-state index contributed by atoms with van der Waals surface area (Å²) >= 11 is 0. The molecule has 5 nitrogen and oxygen atoms in total. The van der Waals surface area contributed by atoms with Crippen LogP contribution in [0.2, 0.25) is 0 Å². The Hall–Kier alpha value is -1.75. The van der Waals surface area contributed by atoms with Gasteiger partial charge < -0.3 is 20.5 Å². The van der Waals surface area contributed by atoms with Crippen molar-refractivity contribution in [3.8, 4) is 5.75 Å². The number of aliphatic hydroxyl groups is 1. The Morgan fingerprint density at radius 3 is 2.91 bits per heavy atom. The van der Waals surface area contributed by atoms with Gasteiger partial charge in [-0.15, -0.1) is 0 Å². The van der Waals surface area contributed by atoms with Gasteiger partial charge in [0, 0.05) is 24.3 Å². The van der Waals surface area contributed by atoms with Crippen LogP contribution in [0.3, 0.4) is 0 Å². The molecule has 0 saturated heterocycles. The van der Waals surface area contributed by atoms with E-state index in [0.717, 1.165) is 42.7 Å². The first-order chi connectivity index (χ1) is 10.6. The maximum atomic E-state index is 12.1. The minimum atomic E-state index is -0.212. The van der Waals surface area contributed by atoms with Gasteiger partial charge in [-0.05, 0) is 49.9 Å². The van der Waals surface area contributed by atoms with Crippen molar-refractivity contribution in [1.82, 2.24) is 5.32 Å². The second-order valence-corrected chi connectivity index (χ2v) is 5.90. The lowest BCUT2D eigenvalue weighted by molar-refractivity contribution is 0.203. The molecule has 0 radical (unpaired) electrons. The fourth-order valence-electron chi connectivity index (χ4n) is 2.86. The van der Waals surface area contributed by atoms with Crippen molar-refractivity contribution < 1.29 is 14.6 Å². The van der Waals surface area contributed by atoms with E-state index in [9.17, 15) is 9.90 Å². The summed E-state index contributed by atoms with van der Waals surface area (Å²) in [5.41, 5.74) is 1.74. The summed E-state index contributed by atoms with van der Waals surface area (Å²) < 4.78 is 5.58. The molecular weight excluding hydrogens is 280 g/mol. The zero-order valence-corrected chi connectivity index (χ0v) is 13.4.